The first-order valence-corrected chi connectivity index (χ1v) is 10.8. The Bertz CT molecular complexity index is 1080. The molecule has 1 aliphatic heterocycles. The minimum absolute atomic E-state index is 0.0807. The molecule has 1 aromatic heterocycles. The average molecular weight is 441 g/mol. The first-order chi connectivity index (χ1) is 15.4. The molecule has 32 heavy (non-hydrogen) atoms. The molecule has 2 unspecified atom stereocenters. The van der Waals surface area contributed by atoms with Crippen LogP contribution in [0.3, 0.4) is 0 Å². The number of carbonyl (C=O) groups excluding carboxylic acids is 2. The summed E-state index contributed by atoms with van der Waals surface area (Å²) in [6.45, 7) is 2.21. The zero-order valence-electron chi connectivity index (χ0n) is 18.2. The van der Waals surface area contributed by atoms with Crippen LogP contribution in [0.5, 0.6) is 5.75 Å². The largest absolute Gasteiger partial charge is 0.501 e. The Morgan fingerprint density at radius 1 is 1.28 bits per heavy atom. The van der Waals surface area contributed by atoms with E-state index in [-0.39, 0.29) is 19.1 Å². The van der Waals surface area contributed by atoms with E-state index in [1.807, 2.05) is 30.3 Å². The summed E-state index contributed by atoms with van der Waals surface area (Å²) in [7, 11) is 1.63. The number of fused-ring (bicyclic) bond motifs is 4. The standard InChI is InChI=1S/C23H27N3O6/c1-3-31-20(29)17-18(27)19(28)26-13-16-10-7-11-23(12-16,21(26)24-17)25(2)22(30)32-14-15-8-5-4-6-9-15/h4-6,8-9,16,27H,3,7,10-14H2,1-2H3. The fraction of sp³-hybridized carbons (Fsp3) is 0.478. The third kappa shape index (κ3) is 3.72. The maximum absolute atomic E-state index is 13.0. The van der Waals surface area contributed by atoms with Crippen molar-refractivity contribution in [2.45, 2.75) is 51.3 Å². The molecule has 2 heterocycles. The first-order valence-electron chi connectivity index (χ1n) is 10.8. The monoisotopic (exact) mass is 441 g/mol. The Morgan fingerprint density at radius 3 is 2.75 bits per heavy atom. The normalized spacial score (nSPS) is 21.4. The van der Waals surface area contributed by atoms with Gasteiger partial charge in [0.1, 0.15) is 18.0 Å². The van der Waals surface area contributed by atoms with Gasteiger partial charge in [0.05, 0.1) is 6.61 Å². The Balaban J connectivity index is 1.72. The lowest BCUT2D eigenvalue weighted by Gasteiger charge is -2.49. The van der Waals surface area contributed by atoms with E-state index in [1.54, 1.807) is 14.0 Å². The predicted molar refractivity (Wildman–Crippen MR) is 114 cm³/mol. The molecule has 1 aliphatic carbocycles. The Hall–Kier alpha value is -3.36. The van der Waals surface area contributed by atoms with Crippen LogP contribution in [0.4, 0.5) is 4.79 Å². The molecule has 9 heteroatoms. The highest BCUT2D eigenvalue weighted by Crippen LogP contribution is 2.47. The topological polar surface area (TPSA) is 111 Å². The second-order valence-electron chi connectivity index (χ2n) is 8.36. The van der Waals surface area contributed by atoms with Crippen molar-refractivity contribution in [3.05, 3.63) is 57.8 Å². The van der Waals surface area contributed by atoms with E-state index in [9.17, 15) is 19.5 Å². The summed E-state index contributed by atoms with van der Waals surface area (Å²) in [6, 6.07) is 9.36. The van der Waals surface area contributed by atoms with Gasteiger partial charge in [-0.1, -0.05) is 36.8 Å². The van der Waals surface area contributed by atoms with Gasteiger partial charge in [-0.2, -0.15) is 0 Å². The highest BCUT2D eigenvalue weighted by atomic mass is 16.6. The van der Waals surface area contributed by atoms with Crippen LogP contribution >= 0.6 is 0 Å². The third-order valence-electron chi connectivity index (χ3n) is 6.42. The van der Waals surface area contributed by atoms with E-state index in [2.05, 4.69) is 4.98 Å². The lowest BCUT2D eigenvalue weighted by molar-refractivity contribution is 0.00125. The van der Waals surface area contributed by atoms with Crippen molar-refractivity contribution in [1.82, 2.24) is 14.5 Å². The molecule has 9 nitrogen and oxygen atoms in total. The molecule has 2 aliphatic rings. The van der Waals surface area contributed by atoms with Gasteiger partial charge in [0.2, 0.25) is 5.75 Å². The minimum Gasteiger partial charge on any atom is -0.501 e. The van der Waals surface area contributed by atoms with Gasteiger partial charge in [0, 0.05) is 13.6 Å². The minimum atomic E-state index is -0.914. The number of aromatic nitrogens is 2. The summed E-state index contributed by atoms with van der Waals surface area (Å²) in [4.78, 5) is 44.2. The second kappa shape index (κ2) is 8.64. The maximum atomic E-state index is 13.0. The van der Waals surface area contributed by atoms with E-state index in [0.29, 0.717) is 25.2 Å². The van der Waals surface area contributed by atoms with Gasteiger partial charge >= 0.3 is 12.1 Å². The summed E-state index contributed by atoms with van der Waals surface area (Å²) in [5.41, 5.74) is -1.16. The highest BCUT2D eigenvalue weighted by molar-refractivity contribution is 5.90. The van der Waals surface area contributed by atoms with Crippen molar-refractivity contribution in [3.8, 4) is 5.75 Å². The van der Waals surface area contributed by atoms with E-state index >= 15 is 0 Å². The van der Waals surface area contributed by atoms with Crippen LogP contribution in [0, 0.1) is 5.92 Å². The number of esters is 1. The molecule has 170 valence electrons. The van der Waals surface area contributed by atoms with Gasteiger partial charge in [0.25, 0.3) is 5.56 Å². The molecule has 0 spiro atoms. The van der Waals surface area contributed by atoms with Crippen LogP contribution in [0.1, 0.15) is 54.5 Å². The fourth-order valence-electron chi connectivity index (χ4n) is 4.84. The fourth-order valence-corrected chi connectivity index (χ4v) is 4.84. The van der Waals surface area contributed by atoms with Crippen molar-refractivity contribution < 1.29 is 24.2 Å². The van der Waals surface area contributed by atoms with Crippen molar-refractivity contribution >= 4 is 12.1 Å². The molecule has 2 aromatic rings. The molecule has 1 aromatic carbocycles. The van der Waals surface area contributed by atoms with E-state index in [4.69, 9.17) is 9.47 Å². The first kappa shape index (κ1) is 21.9. The number of hydrogen-bond donors (Lipinski definition) is 1. The van der Waals surface area contributed by atoms with Gasteiger partial charge in [0.15, 0.2) is 5.69 Å². The molecule has 1 amide bonds. The summed E-state index contributed by atoms with van der Waals surface area (Å²) in [5.74, 6) is -1.16. The third-order valence-corrected chi connectivity index (χ3v) is 6.42. The number of benzene rings is 1. The summed E-state index contributed by atoms with van der Waals surface area (Å²) in [5, 5.41) is 10.4. The van der Waals surface area contributed by atoms with E-state index in [0.717, 1.165) is 18.4 Å². The lowest BCUT2D eigenvalue weighted by atomic mass is 9.71. The molecule has 1 N–H and O–H groups in total. The number of aromatic hydroxyl groups is 1. The summed E-state index contributed by atoms with van der Waals surface area (Å²) < 4.78 is 11.9. The Kier molecular flexibility index (Phi) is 5.90. The summed E-state index contributed by atoms with van der Waals surface area (Å²) >= 11 is 0. The van der Waals surface area contributed by atoms with Crippen LogP contribution in [0.25, 0.3) is 0 Å². The van der Waals surface area contributed by atoms with Crippen LogP contribution in [0.15, 0.2) is 35.1 Å². The zero-order chi connectivity index (χ0) is 22.9. The molecule has 2 atom stereocenters. The number of hydrogen-bond acceptors (Lipinski definition) is 7. The van der Waals surface area contributed by atoms with Gasteiger partial charge in [-0.3, -0.25) is 14.3 Å². The predicted octanol–water partition coefficient (Wildman–Crippen LogP) is 2.79. The number of carbonyl (C=O) groups is 2. The number of amides is 1. The maximum Gasteiger partial charge on any atom is 0.410 e. The highest BCUT2D eigenvalue weighted by Gasteiger charge is 2.50. The van der Waals surface area contributed by atoms with Crippen molar-refractivity contribution in [2.24, 2.45) is 5.92 Å². The van der Waals surface area contributed by atoms with Gasteiger partial charge in [-0.15, -0.1) is 0 Å². The molecule has 4 rings (SSSR count). The zero-order valence-corrected chi connectivity index (χ0v) is 18.2. The number of rotatable bonds is 5. The van der Waals surface area contributed by atoms with Crippen LogP contribution in [0.2, 0.25) is 0 Å². The number of nitrogens with zero attached hydrogens (tertiary/aromatic N) is 3. The van der Waals surface area contributed by atoms with Crippen molar-refractivity contribution in [2.75, 3.05) is 13.7 Å². The van der Waals surface area contributed by atoms with Crippen molar-refractivity contribution in [1.29, 1.82) is 0 Å². The van der Waals surface area contributed by atoms with E-state index < -0.39 is 34.6 Å². The molecular weight excluding hydrogens is 414 g/mol. The molecular formula is C23H27N3O6. The Labute approximate surface area is 185 Å². The van der Waals surface area contributed by atoms with Gasteiger partial charge in [-0.25, -0.2) is 14.6 Å². The Morgan fingerprint density at radius 2 is 2.03 bits per heavy atom. The molecule has 2 bridgehead atoms. The quantitative estimate of drug-likeness (QED) is 0.710. The van der Waals surface area contributed by atoms with Crippen LogP contribution in [-0.4, -0.2) is 45.3 Å². The van der Waals surface area contributed by atoms with E-state index in [1.165, 1.54) is 9.47 Å². The SMILES string of the molecule is CCOC(=O)c1nc2n(c(=O)c1O)CC1CCCC2(N(C)C(=O)OCc2ccccc2)C1. The van der Waals surface area contributed by atoms with Crippen LogP contribution < -0.4 is 5.56 Å². The van der Waals surface area contributed by atoms with Gasteiger partial charge in [-0.05, 0) is 37.7 Å². The van der Waals surface area contributed by atoms with Gasteiger partial charge < -0.3 is 14.6 Å². The van der Waals surface area contributed by atoms with Crippen molar-refractivity contribution in [3.63, 3.8) is 0 Å². The number of ether oxygens (including phenoxy) is 2. The second-order valence-corrected chi connectivity index (χ2v) is 8.36. The molecule has 0 saturated heterocycles. The molecule has 1 saturated carbocycles. The summed E-state index contributed by atoms with van der Waals surface area (Å²) in [6.07, 6.45) is 2.37. The average Bonchev–Trinajstić information content (AvgIpc) is 2.80. The van der Waals surface area contributed by atoms with Crippen LogP contribution in [-0.2, 0) is 28.2 Å². The smallest absolute Gasteiger partial charge is 0.410 e. The lowest BCUT2D eigenvalue weighted by Crippen LogP contribution is -2.56. The molecule has 1 fully saturated rings. The molecule has 0 radical (unpaired) electrons.